The molecule has 22 heavy (non-hydrogen) atoms. The van der Waals surface area contributed by atoms with E-state index in [2.05, 4.69) is 22.4 Å². The minimum absolute atomic E-state index is 0.0773. The highest BCUT2D eigenvalue weighted by Crippen LogP contribution is 2.35. The summed E-state index contributed by atoms with van der Waals surface area (Å²) in [5, 5.41) is 18.8. The predicted octanol–water partition coefficient (Wildman–Crippen LogP) is -0.407. The van der Waals surface area contributed by atoms with Crippen molar-refractivity contribution in [3.05, 3.63) is 18.5 Å². The molecule has 0 amide bonds. The molecular formula is C15H24N4O3. The van der Waals surface area contributed by atoms with E-state index < -0.39 is 12.4 Å². The molecule has 5 unspecified atom stereocenters. The van der Waals surface area contributed by atoms with Crippen LogP contribution in [0.1, 0.15) is 18.9 Å². The Balaban J connectivity index is 1.49. The Morgan fingerprint density at radius 2 is 2.14 bits per heavy atom. The number of aromatic nitrogens is 2. The van der Waals surface area contributed by atoms with Crippen molar-refractivity contribution in [3.63, 3.8) is 0 Å². The van der Waals surface area contributed by atoms with Crippen LogP contribution in [-0.4, -0.2) is 77.1 Å². The molecule has 2 bridgehead atoms. The minimum Gasteiger partial charge on any atom is -0.389 e. The van der Waals surface area contributed by atoms with Gasteiger partial charge in [-0.3, -0.25) is 4.68 Å². The molecule has 7 heteroatoms. The van der Waals surface area contributed by atoms with Crippen molar-refractivity contribution in [3.8, 4) is 0 Å². The summed E-state index contributed by atoms with van der Waals surface area (Å²) in [6, 6.07) is 1.88. The lowest BCUT2D eigenvalue weighted by molar-refractivity contribution is -0.169. The lowest BCUT2D eigenvalue weighted by Gasteiger charge is -2.41. The van der Waals surface area contributed by atoms with Gasteiger partial charge < -0.3 is 24.8 Å². The standard InChI is InChI=1S/C15H24N4O3/c1-18-7-3-10(4-8-18)17-12-11-9-21-15(22-11)13(14(12)20)19-6-2-5-16-19/h2,5-6,10-15,17,20H,3-4,7-9H2,1H3. The smallest absolute Gasteiger partial charge is 0.183 e. The number of fused-ring (bicyclic) bond motifs is 2. The highest BCUT2D eigenvalue weighted by Gasteiger charge is 2.51. The third-order valence-electron chi connectivity index (χ3n) is 5.11. The van der Waals surface area contributed by atoms with E-state index in [1.165, 1.54) is 0 Å². The maximum Gasteiger partial charge on any atom is 0.183 e. The predicted molar refractivity (Wildman–Crippen MR) is 79.3 cm³/mol. The van der Waals surface area contributed by atoms with Crippen molar-refractivity contribution >= 4 is 0 Å². The lowest BCUT2D eigenvalue weighted by atomic mass is 9.93. The van der Waals surface area contributed by atoms with Gasteiger partial charge in [-0.1, -0.05) is 0 Å². The van der Waals surface area contributed by atoms with Crippen molar-refractivity contribution in [2.24, 2.45) is 0 Å². The third-order valence-corrected chi connectivity index (χ3v) is 5.11. The second kappa shape index (κ2) is 5.90. The van der Waals surface area contributed by atoms with Crippen LogP contribution in [0.15, 0.2) is 18.5 Å². The maximum atomic E-state index is 10.9. The first-order valence-electron chi connectivity index (χ1n) is 8.11. The van der Waals surface area contributed by atoms with Gasteiger partial charge in [0.2, 0.25) is 0 Å². The average molecular weight is 308 g/mol. The number of hydrogen-bond donors (Lipinski definition) is 2. The Hall–Kier alpha value is -0.990. The van der Waals surface area contributed by atoms with E-state index in [4.69, 9.17) is 9.47 Å². The first-order valence-corrected chi connectivity index (χ1v) is 8.11. The van der Waals surface area contributed by atoms with Gasteiger partial charge in [0.05, 0.1) is 18.8 Å². The van der Waals surface area contributed by atoms with Crippen LogP contribution >= 0.6 is 0 Å². The van der Waals surface area contributed by atoms with Crippen LogP contribution in [0.2, 0.25) is 0 Å². The molecule has 4 heterocycles. The molecule has 0 radical (unpaired) electrons. The number of nitrogens with one attached hydrogen (secondary N) is 1. The van der Waals surface area contributed by atoms with Gasteiger partial charge in [0.1, 0.15) is 12.1 Å². The van der Waals surface area contributed by atoms with Crippen LogP contribution in [0.25, 0.3) is 0 Å². The number of nitrogens with zero attached hydrogens (tertiary/aromatic N) is 3. The molecule has 4 rings (SSSR count). The largest absolute Gasteiger partial charge is 0.389 e. The molecule has 122 valence electrons. The third kappa shape index (κ3) is 2.57. The van der Waals surface area contributed by atoms with Crippen LogP contribution in [0.3, 0.4) is 0 Å². The quantitative estimate of drug-likeness (QED) is 0.791. The molecule has 3 saturated heterocycles. The van der Waals surface area contributed by atoms with Crippen LogP contribution < -0.4 is 5.32 Å². The molecule has 3 aliphatic heterocycles. The van der Waals surface area contributed by atoms with E-state index >= 15 is 0 Å². The van der Waals surface area contributed by atoms with Crippen LogP contribution in [0.5, 0.6) is 0 Å². The van der Waals surface area contributed by atoms with E-state index in [0.29, 0.717) is 12.6 Å². The Morgan fingerprint density at radius 1 is 1.32 bits per heavy atom. The van der Waals surface area contributed by atoms with Crippen molar-refractivity contribution < 1.29 is 14.6 Å². The zero-order valence-electron chi connectivity index (χ0n) is 12.8. The molecule has 1 aromatic rings. The monoisotopic (exact) mass is 308 g/mol. The fourth-order valence-electron chi connectivity index (χ4n) is 3.79. The van der Waals surface area contributed by atoms with E-state index in [-0.39, 0.29) is 18.2 Å². The van der Waals surface area contributed by atoms with E-state index in [1.807, 2.05) is 12.3 Å². The molecular weight excluding hydrogens is 284 g/mol. The lowest BCUT2D eigenvalue weighted by Crippen LogP contribution is -2.60. The van der Waals surface area contributed by atoms with Crippen LogP contribution in [-0.2, 0) is 9.47 Å². The summed E-state index contributed by atoms with van der Waals surface area (Å²) in [6.45, 7) is 2.71. The topological polar surface area (TPSA) is 71.8 Å². The first kappa shape index (κ1) is 14.6. The number of aliphatic hydroxyl groups excluding tert-OH is 1. The zero-order chi connectivity index (χ0) is 15.1. The molecule has 5 atom stereocenters. The number of aliphatic hydroxyl groups is 1. The van der Waals surface area contributed by atoms with Gasteiger partial charge in [-0.15, -0.1) is 0 Å². The first-order chi connectivity index (χ1) is 10.7. The Kier molecular flexibility index (Phi) is 3.91. The van der Waals surface area contributed by atoms with Gasteiger partial charge in [-0.05, 0) is 39.0 Å². The molecule has 1 aromatic heterocycles. The highest BCUT2D eigenvalue weighted by molar-refractivity contribution is 5.01. The summed E-state index contributed by atoms with van der Waals surface area (Å²) in [6.07, 6.45) is 4.72. The molecule has 0 aliphatic carbocycles. The average Bonchev–Trinajstić information content (AvgIpc) is 3.17. The normalized spacial score (nSPS) is 40.2. The van der Waals surface area contributed by atoms with Gasteiger partial charge in [-0.25, -0.2) is 0 Å². The van der Waals surface area contributed by atoms with E-state index in [9.17, 15) is 5.11 Å². The van der Waals surface area contributed by atoms with Gasteiger partial charge in [0.25, 0.3) is 0 Å². The molecule has 0 saturated carbocycles. The van der Waals surface area contributed by atoms with Crippen LogP contribution in [0, 0.1) is 0 Å². The second-order valence-electron chi connectivity index (χ2n) is 6.61. The van der Waals surface area contributed by atoms with Crippen LogP contribution in [0.4, 0.5) is 0 Å². The fourth-order valence-corrected chi connectivity index (χ4v) is 3.79. The fraction of sp³-hybridized carbons (Fsp3) is 0.800. The highest BCUT2D eigenvalue weighted by atomic mass is 16.7. The van der Waals surface area contributed by atoms with Crippen molar-refractivity contribution in [2.45, 2.75) is 49.5 Å². The molecule has 3 fully saturated rings. The summed E-state index contributed by atoms with van der Waals surface area (Å²) in [5.41, 5.74) is 0. The number of ether oxygens (including phenoxy) is 2. The molecule has 0 aromatic carbocycles. The van der Waals surface area contributed by atoms with E-state index in [1.54, 1.807) is 10.9 Å². The molecule has 0 spiro atoms. The van der Waals surface area contributed by atoms with Gasteiger partial charge in [-0.2, -0.15) is 5.10 Å². The van der Waals surface area contributed by atoms with E-state index in [0.717, 1.165) is 25.9 Å². The number of piperidine rings is 1. The SMILES string of the molecule is CN1CCC(NC2C3COC(O3)C(n3cccn3)C2O)CC1. The summed E-state index contributed by atoms with van der Waals surface area (Å²) >= 11 is 0. The van der Waals surface area contributed by atoms with Crippen molar-refractivity contribution in [1.29, 1.82) is 0 Å². The van der Waals surface area contributed by atoms with Gasteiger partial charge in [0, 0.05) is 18.4 Å². The Bertz CT molecular complexity index is 489. The van der Waals surface area contributed by atoms with Gasteiger partial charge in [0.15, 0.2) is 6.29 Å². The summed E-state index contributed by atoms with van der Waals surface area (Å²) in [7, 11) is 2.15. The van der Waals surface area contributed by atoms with Crippen molar-refractivity contribution in [1.82, 2.24) is 20.0 Å². The Labute approximate surface area is 130 Å². The molecule has 3 aliphatic rings. The van der Waals surface area contributed by atoms with Gasteiger partial charge >= 0.3 is 0 Å². The molecule has 2 N–H and O–H groups in total. The second-order valence-corrected chi connectivity index (χ2v) is 6.61. The van der Waals surface area contributed by atoms with Crippen molar-refractivity contribution in [2.75, 3.05) is 26.7 Å². The Morgan fingerprint density at radius 3 is 2.86 bits per heavy atom. The summed E-state index contributed by atoms with van der Waals surface area (Å²) < 4.78 is 13.4. The minimum atomic E-state index is -0.564. The zero-order valence-corrected chi connectivity index (χ0v) is 12.8. The summed E-state index contributed by atoms with van der Waals surface area (Å²) in [4.78, 5) is 2.34. The number of rotatable bonds is 3. The molecule has 7 nitrogen and oxygen atoms in total. The maximum absolute atomic E-state index is 10.9. The summed E-state index contributed by atoms with van der Waals surface area (Å²) in [5.74, 6) is 0. The number of hydrogen-bond acceptors (Lipinski definition) is 6. The number of likely N-dealkylation sites (tertiary alicyclic amines) is 1.